The van der Waals surface area contributed by atoms with Crippen LogP contribution in [0.4, 0.5) is 10.5 Å². The molecule has 1 saturated carbocycles. The molecule has 4 N–H and O–H groups in total. The van der Waals surface area contributed by atoms with Crippen molar-refractivity contribution < 1.29 is 9.59 Å². The molecule has 166 valence electrons. The molecular formula is C25H34N4O2. The normalized spacial score (nSPS) is 15.5. The minimum Gasteiger partial charge on any atom is -0.352 e. The highest BCUT2D eigenvalue weighted by molar-refractivity contribution is 5.92. The van der Waals surface area contributed by atoms with Gasteiger partial charge in [-0.3, -0.25) is 9.69 Å². The highest BCUT2D eigenvalue weighted by Gasteiger charge is 2.21. The van der Waals surface area contributed by atoms with E-state index in [1.165, 1.54) is 32.1 Å². The number of carbonyl (C=O) groups excluding carboxylic acids is 2. The lowest BCUT2D eigenvalue weighted by atomic mass is 9.94. The molecule has 0 aliphatic heterocycles. The molecule has 0 heterocycles. The van der Waals surface area contributed by atoms with Crippen LogP contribution in [0.5, 0.6) is 0 Å². The quantitative estimate of drug-likeness (QED) is 0.585. The average Bonchev–Trinajstić information content (AvgIpc) is 2.75. The number of para-hydroxylation sites is 1. The number of hydrogen-bond acceptors (Lipinski definition) is 3. The van der Waals surface area contributed by atoms with Gasteiger partial charge in [0.05, 0.1) is 12.5 Å². The summed E-state index contributed by atoms with van der Waals surface area (Å²) in [5, 5.41) is 5.75. The Morgan fingerprint density at radius 1 is 1.10 bits per heavy atom. The van der Waals surface area contributed by atoms with Crippen molar-refractivity contribution in [3.8, 4) is 0 Å². The first kappa shape index (κ1) is 22.8. The number of benzene rings is 2. The van der Waals surface area contributed by atoms with E-state index in [1.54, 1.807) is 0 Å². The summed E-state index contributed by atoms with van der Waals surface area (Å²) in [6.45, 7) is 2.77. The van der Waals surface area contributed by atoms with Crippen LogP contribution < -0.4 is 16.4 Å². The Morgan fingerprint density at radius 2 is 1.84 bits per heavy atom. The number of nitrogens with zero attached hydrogens (tertiary/aromatic N) is 1. The van der Waals surface area contributed by atoms with E-state index in [9.17, 15) is 9.59 Å². The van der Waals surface area contributed by atoms with Gasteiger partial charge >= 0.3 is 6.03 Å². The zero-order valence-electron chi connectivity index (χ0n) is 18.6. The second-order valence-electron chi connectivity index (χ2n) is 8.59. The third-order valence-electron chi connectivity index (χ3n) is 6.06. The second-order valence-corrected chi connectivity index (χ2v) is 8.59. The van der Waals surface area contributed by atoms with Gasteiger partial charge in [0, 0.05) is 18.3 Å². The number of nitrogens with two attached hydrogens (primary N) is 1. The number of amides is 3. The largest absolute Gasteiger partial charge is 0.352 e. The lowest BCUT2D eigenvalue weighted by molar-refractivity contribution is -0.116. The predicted molar refractivity (Wildman–Crippen MR) is 125 cm³/mol. The Balaban J connectivity index is 1.68. The Morgan fingerprint density at radius 3 is 2.55 bits per heavy atom. The van der Waals surface area contributed by atoms with Gasteiger partial charge in [0.1, 0.15) is 0 Å². The van der Waals surface area contributed by atoms with E-state index < -0.39 is 12.1 Å². The molecule has 6 nitrogen and oxygen atoms in total. The Labute approximate surface area is 185 Å². The van der Waals surface area contributed by atoms with Gasteiger partial charge in [0.15, 0.2) is 0 Å². The molecule has 1 aliphatic rings. The maximum absolute atomic E-state index is 12.9. The molecule has 0 bridgehead atoms. The number of rotatable bonds is 8. The monoisotopic (exact) mass is 422 g/mol. The molecule has 0 spiro atoms. The number of carbonyl (C=O) groups is 2. The number of aryl methyl sites for hydroxylation is 1. The van der Waals surface area contributed by atoms with Gasteiger partial charge in [-0.25, -0.2) is 4.79 Å². The van der Waals surface area contributed by atoms with E-state index in [1.807, 2.05) is 49.4 Å². The number of urea groups is 1. The van der Waals surface area contributed by atoms with Crippen LogP contribution in [0.3, 0.4) is 0 Å². The highest BCUT2D eigenvalue weighted by Crippen LogP contribution is 2.25. The summed E-state index contributed by atoms with van der Waals surface area (Å²) in [6, 6.07) is 15.2. The summed E-state index contributed by atoms with van der Waals surface area (Å²) < 4.78 is 0. The van der Waals surface area contributed by atoms with Crippen LogP contribution in [0, 0.1) is 6.92 Å². The molecule has 0 unspecified atom stereocenters. The fourth-order valence-electron chi connectivity index (χ4n) is 4.40. The van der Waals surface area contributed by atoms with Crippen molar-refractivity contribution >= 4 is 17.6 Å². The second kappa shape index (κ2) is 11.0. The molecule has 1 atom stereocenters. The van der Waals surface area contributed by atoms with E-state index in [2.05, 4.69) is 28.6 Å². The van der Waals surface area contributed by atoms with Gasteiger partial charge in [0.25, 0.3) is 0 Å². The summed E-state index contributed by atoms with van der Waals surface area (Å²) in [5.74, 6) is -0.159. The molecule has 0 aromatic heterocycles. The molecule has 2 aromatic rings. The SMILES string of the molecule is Cc1cccc([C@H](CC(=O)Nc2ccccc2CN(C)C2CCCCC2)NC(N)=O)c1. The Kier molecular flexibility index (Phi) is 8.06. The van der Waals surface area contributed by atoms with Crippen LogP contribution in [0.1, 0.15) is 61.3 Å². The number of nitrogens with one attached hydrogen (secondary N) is 2. The van der Waals surface area contributed by atoms with Crippen molar-refractivity contribution in [2.24, 2.45) is 5.73 Å². The van der Waals surface area contributed by atoms with Crippen molar-refractivity contribution in [2.45, 2.75) is 64.1 Å². The molecule has 0 radical (unpaired) electrons. The van der Waals surface area contributed by atoms with Crippen LogP contribution in [-0.2, 0) is 11.3 Å². The summed E-state index contributed by atoms with van der Waals surface area (Å²) in [7, 11) is 2.17. The van der Waals surface area contributed by atoms with Crippen molar-refractivity contribution in [3.63, 3.8) is 0 Å². The van der Waals surface area contributed by atoms with Gasteiger partial charge in [0.2, 0.25) is 5.91 Å². The first-order valence-electron chi connectivity index (χ1n) is 11.1. The first-order chi connectivity index (χ1) is 14.9. The van der Waals surface area contributed by atoms with Crippen LogP contribution in [0.2, 0.25) is 0 Å². The molecule has 1 aliphatic carbocycles. The summed E-state index contributed by atoms with van der Waals surface area (Å²) in [6.07, 6.45) is 6.50. The molecule has 3 rings (SSSR count). The van der Waals surface area contributed by atoms with Crippen molar-refractivity contribution in [1.82, 2.24) is 10.2 Å². The van der Waals surface area contributed by atoms with E-state index in [-0.39, 0.29) is 12.3 Å². The lowest BCUT2D eigenvalue weighted by Crippen LogP contribution is -2.35. The van der Waals surface area contributed by atoms with Gasteiger partial charge in [-0.2, -0.15) is 0 Å². The molecule has 6 heteroatoms. The van der Waals surface area contributed by atoms with Crippen molar-refractivity contribution in [2.75, 3.05) is 12.4 Å². The highest BCUT2D eigenvalue weighted by atomic mass is 16.2. The zero-order valence-corrected chi connectivity index (χ0v) is 18.6. The van der Waals surface area contributed by atoms with E-state index in [0.29, 0.717) is 6.04 Å². The number of hydrogen-bond donors (Lipinski definition) is 3. The van der Waals surface area contributed by atoms with Crippen LogP contribution >= 0.6 is 0 Å². The fraction of sp³-hybridized carbons (Fsp3) is 0.440. The Bertz CT molecular complexity index is 893. The summed E-state index contributed by atoms with van der Waals surface area (Å²) in [4.78, 5) is 26.8. The van der Waals surface area contributed by atoms with E-state index in [4.69, 9.17) is 5.73 Å². The molecule has 0 saturated heterocycles. The van der Waals surface area contributed by atoms with Gasteiger partial charge < -0.3 is 16.4 Å². The average molecular weight is 423 g/mol. The van der Waals surface area contributed by atoms with Gasteiger partial charge in [-0.1, -0.05) is 67.3 Å². The molecule has 1 fully saturated rings. The minimum absolute atomic E-state index is 0.110. The topological polar surface area (TPSA) is 87.5 Å². The zero-order chi connectivity index (χ0) is 22.2. The van der Waals surface area contributed by atoms with Crippen molar-refractivity contribution in [3.05, 3.63) is 65.2 Å². The van der Waals surface area contributed by atoms with E-state index in [0.717, 1.165) is 28.9 Å². The molecular weight excluding hydrogens is 388 g/mol. The minimum atomic E-state index is -0.645. The van der Waals surface area contributed by atoms with Crippen molar-refractivity contribution in [1.29, 1.82) is 0 Å². The smallest absolute Gasteiger partial charge is 0.312 e. The summed E-state index contributed by atoms with van der Waals surface area (Å²) in [5.41, 5.74) is 9.19. The third-order valence-corrected chi connectivity index (χ3v) is 6.06. The predicted octanol–water partition coefficient (Wildman–Crippen LogP) is 4.50. The maximum Gasteiger partial charge on any atom is 0.312 e. The third kappa shape index (κ3) is 6.82. The number of primary amides is 1. The molecule has 2 aromatic carbocycles. The lowest BCUT2D eigenvalue weighted by Gasteiger charge is -2.31. The molecule has 31 heavy (non-hydrogen) atoms. The Hall–Kier alpha value is -2.86. The van der Waals surface area contributed by atoms with Gasteiger partial charge in [-0.05, 0) is 44.0 Å². The first-order valence-corrected chi connectivity index (χ1v) is 11.1. The van der Waals surface area contributed by atoms with Gasteiger partial charge in [-0.15, -0.1) is 0 Å². The fourth-order valence-corrected chi connectivity index (χ4v) is 4.40. The number of anilines is 1. The summed E-state index contributed by atoms with van der Waals surface area (Å²) >= 11 is 0. The van der Waals surface area contributed by atoms with Crippen LogP contribution in [0.15, 0.2) is 48.5 Å². The van der Waals surface area contributed by atoms with E-state index >= 15 is 0 Å². The maximum atomic E-state index is 12.9. The van der Waals surface area contributed by atoms with Crippen LogP contribution in [0.25, 0.3) is 0 Å². The standard InChI is InChI=1S/C25H34N4O2/c1-18-9-8-11-19(15-18)23(28-25(26)31)16-24(30)27-22-14-7-6-10-20(22)17-29(2)21-12-4-3-5-13-21/h6-11,14-15,21,23H,3-5,12-13,16-17H2,1-2H3,(H,27,30)(H3,26,28,31)/t23-/m0/s1. The van der Waals surface area contributed by atoms with Crippen LogP contribution in [-0.4, -0.2) is 29.9 Å². The molecule has 3 amide bonds.